The van der Waals surface area contributed by atoms with Crippen LogP contribution in [0.15, 0.2) is 24.3 Å². The number of thioether (sulfide) groups is 2. The van der Waals surface area contributed by atoms with Crippen molar-refractivity contribution in [3.63, 3.8) is 0 Å². The first kappa shape index (κ1) is 13.3. The molecule has 0 aliphatic carbocycles. The molecule has 2 unspecified atom stereocenters. The van der Waals surface area contributed by atoms with Crippen molar-refractivity contribution in [2.24, 2.45) is 12.8 Å². The molecule has 0 bridgehead atoms. The van der Waals surface area contributed by atoms with E-state index in [1.54, 1.807) is 0 Å². The Morgan fingerprint density at radius 3 is 3.00 bits per heavy atom. The molecule has 2 aromatic rings. The topological polar surface area (TPSA) is 43.8 Å². The van der Waals surface area contributed by atoms with Gasteiger partial charge < -0.3 is 10.3 Å². The van der Waals surface area contributed by atoms with E-state index in [2.05, 4.69) is 29.8 Å². The van der Waals surface area contributed by atoms with E-state index in [9.17, 15) is 0 Å². The molecule has 3 rings (SSSR count). The Morgan fingerprint density at radius 2 is 2.26 bits per heavy atom. The Hall–Kier alpha value is -0.650. The summed E-state index contributed by atoms with van der Waals surface area (Å²) in [7, 11) is 2.08. The fraction of sp³-hybridized carbons (Fsp3) is 0.500. The summed E-state index contributed by atoms with van der Waals surface area (Å²) in [5.74, 6) is 4.77. The quantitative estimate of drug-likeness (QED) is 0.943. The zero-order valence-electron chi connectivity index (χ0n) is 11.1. The van der Waals surface area contributed by atoms with Gasteiger partial charge in [-0.1, -0.05) is 12.1 Å². The molecule has 2 N–H and O–H groups in total. The maximum absolute atomic E-state index is 6.38. The number of fused-ring (bicyclic) bond motifs is 1. The summed E-state index contributed by atoms with van der Waals surface area (Å²) in [6, 6.07) is 8.47. The molecule has 1 aliphatic heterocycles. The summed E-state index contributed by atoms with van der Waals surface area (Å²) in [6.07, 6.45) is 0.864. The smallest absolute Gasteiger partial charge is 0.111 e. The molecule has 0 saturated carbocycles. The molecule has 19 heavy (non-hydrogen) atoms. The van der Waals surface area contributed by atoms with E-state index in [0.29, 0.717) is 5.25 Å². The van der Waals surface area contributed by atoms with Crippen molar-refractivity contribution < 1.29 is 0 Å². The first-order chi connectivity index (χ1) is 9.25. The molecule has 2 atom stereocenters. The van der Waals surface area contributed by atoms with Crippen LogP contribution in [0, 0.1) is 0 Å². The number of hydrogen-bond acceptors (Lipinski definition) is 4. The molecule has 5 heteroatoms. The summed E-state index contributed by atoms with van der Waals surface area (Å²) >= 11 is 4.04. The highest BCUT2D eigenvalue weighted by atomic mass is 32.2. The van der Waals surface area contributed by atoms with Crippen molar-refractivity contribution in [3.8, 4) is 0 Å². The lowest BCUT2D eigenvalue weighted by atomic mass is 10.1. The predicted molar refractivity (Wildman–Crippen MR) is 86.0 cm³/mol. The molecule has 0 spiro atoms. The van der Waals surface area contributed by atoms with Crippen molar-refractivity contribution in [3.05, 3.63) is 30.1 Å². The van der Waals surface area contributed by atoms with Crippen LogP contribution in [0.3, 0.4) is 0 Å². The molecule has 0 radical (unpaired) electrons. The molecule has 2 heterocycles. The monoisotopic (exact) mass is 293 g/mol. The number of para-hydroxylation sites is 2. The lowest BCUT2D eigenvalue weighted by Gasteiger charge is -2.26. The van der Waals surface area contributed by atoms with Crippen LogP contribution in [-0.2, 0) is 13.5 Å². The molecular weight excluding hydrogens is 274 g/mol. The van der Waals surface area contributed by atoms with Crippen molar-refractivity contribution in [2.75, 3.05) is 17.3 Å². The summed E-state index contributed by atoms with van der Waals surface area (Å²) in [5.41, 5.74) is 8.64. The van der Waals surface area contributed by atoms with Gasteiger partial charge in [0.05, 0.1) is 11.0 Å². The molecule has 0 amide bonds. The highest BCUT2D eigenvalue weighted by Gasteiger charge is 2.23. The van der Waals surface area contributed by atoms with Gasteiger partial charge in [-0.3, -0.25) is 0 Å². The fourth-order valence-electron chi connectivity index (χ4n) is 2.47. The van der Waals surface area contributed by atoms with Crippen molar-refractivity contribution in [2.45, 2.75) is 17.7 Å². The number of nitrogens with zero attached hydrogens (tertiary/aromatic N) is 2. The Kier molecular flexibility index (Phi) is 4.05. The summed E-state index contributed by atoms with van der Waals surface area (Å²) in [4.78, 5) is 4.71. The van der Waals surface area contributed by atoms with Gasteiger partial charge in [0.15, 0.2) is 0 Å². The van der Waals surface area contributed by atoms with Crippen LogP contribution in [0.2, 0.25) is 0 Å². The lowest BCUT2D eigenvalue weighted by molar-refractivity contribution is 0.626. The van der Waals surface area contributed by atoms with Crippen LogP contribution in [0.25, 0.3) is 11.0 Å². The predicted octanol–water partition coefficient (Wildman–Crippen LogP) is 2.29. The van der Waals surface area contributed by atoms with Crippen LogP contribution in [0.5, 0.6) is 0 Å². The lowest BCUT2D eigenvalue weighted by Crippen LogP contribution is -2.38. The van der Waals surface area contributed by atoms with Gasteiger partial charge in [-0.15, -0.1) is 0 Å². The zero-order valence-corrected chi connectivity index (χ0v) is 12.7. The molecule has 1 aromatic carbocycles. The first-order valence-electron chi connectivity index (χ1n) is 6.61. The summed E-state index contributed by atoms with van der Waals surface area (Å²) < 4.78 is 2.18. The van der Waals surface area contributed by atoms with Crippen LogP contribution in [0.1, 0.15) is 5.82 Å². The van der Waals surface area contributed by atoms with Crippen LogP contribution < -0.4 is 5.73 Å². The number of aromatic nitrogens is 2. The average molecular weight is 293 g/mol. The van der Waals surface area contributed by atoms with Gasteiger partial charge in [0, 0.05) is 42.0 Å². The third-order valence-corrected chi connectivity index (χ3v) is 6.56. The molecule has 1 saturated heterocycles. The van der Waals surface area contributed by atoms with E-state index in [0.717, 1.165) is 17.8 Å². The van der Waals surface area contributed by atoms with E-state index in [4.69, 9.17) is 10.7 Å². The number of imidazole rings is 1. The second-order valence-electron chi connectivity index (χ2n) is 4.93. The Balaban J connectivity index is 1.78. The van der Waals surface area contributed by atoms with Gasteiger partial charge in [-0.2, -0.15) is 23.5 Å². The molecule has 1 aromatic heterocycles. The number of benzene rings is 1. The second kappa shape index (κ2) is 5.77. The van der Waals surface area contributed by atoms with Crippen LogP contribution in [-0.4, -0.2) is 38.1 Å². The maximum atomic E-state index is 6.38. The normalized spacial score (nSPS) is 21.7. The van der Waals surface area contributed by atoms with Gasteiger partial charge >= 0.3 is 0 Å². The summed E-state index contributed by atoms with van der Waals surface area (Å²) in [5, 5.41) is 0.568. The van der Waals surface area contributed by atoms with Crippen LogP contribution in [0.4, 0.5) is 0 Å². The van der Waals surface area contributed by atoms with Gasteiger partial charge in [0.2, 0.25) is 0 Å². The zero-order chi connectivity index (χ0) is 13.2. The standard InChI is InChI=1S/C14H19N3S2/c1-17-12-5-3-2-4-11(12)16-14(17)8-10(15)13-9-18-6-7-19-13/h2-5,10,13H,6-9,15H2,1H3. The van der Waals surface area contributed by atoms with Gasteiger partial charge in [-0.05, 0) is 12.1 Å². The largest absolute Gasteiger partial charge is 0.331 e. The highest BCUT2D eigenvalue weighted by molar-refractivity contribution is 8.06. The minimum absolute atomic E-state index is 0.202. The number of aryl methyl sites for hydroxylation is 1. The van der Waals surface area contributed by atoms with E-state index >= 15 is 0 Å². The Labute approximate surface area is 122 Å². The minimum atomic E-state index is 0.202. The van der Waals surface area contributed by atoms with E-state index in [1.165, 1.54) is 22.8 Å². The van der Waals surface area contributed by atoms with Gasteiger partial charge in [0.25, 0.3) is 0 Å². The molecule has 1 aliphatic rings. The second-order valence-corrected chi connectivity index (χ2v) is 7.42. The third-order valence-electron chi connectivity index (χ3n) is 3.62. The molecule has 102 valence electrons. The van der Waals surface area contributed by atoms with Crippen molar-refractivity contribution in [1.82, 2.24) is 9.55 Å². The molecule has 1 fully saturated rings. The van der Waals surface area contributed by atoms with Gasteiger partial charge in [-0.25, -0.2) is 4.98 Å². The number of hydrogen-bond donors (Lipinski definition) is 1. The van der Waals surface area contributed by atoms with E-state index in [-0.39, 0.29) is 6.04 Å². The first-order valence-corrected chi connectivity index (χ1v) is 8.81. The SMILES string of the molecule is Cn1c(CC(N)C2CSCCS2)nc2ccccc21. The molecular formula is C14H19N3S2. The maximum Gasteiger partial charge on any atom is 0.111 e. The van der Waals surface area contributed by atoms with E-state index < -0.39 is 0 Å². The Morgan fingerprint density at radius 1 is 1.42 bits per heavy atom. The third kappa shape index (κ3) is 2.78. The fourth-order valence-corrected chi connectivity index (χ4v) is 5.30. The van der Waals surface area contributed by atoms with Crippen molar-refractivity contribution in [1.29, 1.82) is 0 Å². The van der Waals surface area contributed by atoms with Crippen molar-refractivity contribution >= 4 is 34.6 Å². The van der Waals surface area contributed by atoms with Gasteiger partial charge in [0.1, 0.15) is 5.82 Å². The number of rotatable bonds is 3. The average Bonchev–Trinajstić information content (AvgIpc) is 2.77. The minimum Gasteiger partial charge on any atom is -0.331 e. The highest BCUT2D eigenvalue weighted by Crippen LogP contribution is 2.27. The summed E-state index contributed by atoms with van der Waals surface area (Å²) in [6.45, 7) is 0. The Bertz CT molecular complexity index is 561. The number of nitrogens with two attached hydrogens (primary N) is 1. The van der Waals surface area contributed by atoms with Crippen LogP contribution >= 0.6 is 23.5 Å². The van der Waals surface area contributed by atoms with E-state index in [1.807, 2.05) is 29.6 Å². The molecule has 3 nitrogen and oxygen atoms in total.